The fourth-order valence-electron chi connectivity index (χ4n) is 1.04. The zero-order chi connectivity index (χ0) is 9.52. The zero-order valence-corrected chi connectivity index (χ0v) is 9.11. The summed E-state index contributed by atoms with van der Waals surface area (Å²) in [5.41, 5.74) is 1.27. The summed E-state index contributed by atoms with van der Waals surface area (Å²) in [4.78, 5) is 0. The summed E-state index contributed by atoms with van der Waals surface area (Å²) in [7, 11) is 0. The average Bonchev–Trinajstić information content (AvgIpc) is 2.15. The van der Waals surface area contributed by atoms with Gasteiger partial charge in [-0.1, -0.05) is 23.7 Å². The van der Waals surface area contributed by atoms with Gasteiger partial charge in [0, 0.05) is 11.6 Å². The lowest BCUT2D eigenvalue weighted by Crippen LogP contribution is -2.14. The van der Waals surface area contributed by atoms with Crippen molar-refractivity contribution in [3.8, 4) is 0 Å². The van der Waals surface area contributed by atoms with Gasteiger partial charge in [-0.15, -0.1) is 0 Å². The van der Waals surface area contributed by atoms with Crippen LogP contribution in [0.5, 0.6) is 0 Å². The van der Waals surface area contributed by atoms with Crippen LogP contribution in [-0.4, -0.2) is 12.3 Å². The molecule has 1 nitrogen and oxygen atoms in total. The van der Waals surface area contributed by atoms with E-state index in [0.717, 1.165) is 30.3 Å². The molecule has 0 aromatic heterocycles. The van der Waals surface area contributed by atoms with E-state index in [1.54, 1.807) is 0 Å². The lowest BCUT2D eigenvalue weighted by atomic mass is 10.2. The van der Waals surface area contributed by atoms with Gasteiger partial charge in [0.15, 0.2) is 0 Å². The Morgan fingerprint density at radius 1 is 1.23 bits per heavy atom. The summed E-state index contributed by atoms with van der Waals surface area (Å²) in [5.74, 6) is 0.938. The van der Waals surface area contributed by atoms with Gasteiger partial charge < -0.3 is 5.32 Å². The molecular weight excluding hydrogens is 202 g/mol. The fraction of sp³-hybridized carbons (Fsp3) is 0.400. The van der Waals surface area contributed by atoms with Gasteiger partial charge in [-0.2, -0.15) is 12.6 Å². The molecule has 3 heteroatoms. The Morgan fingerprint density at radius 3 is 2.54 bits per heavy atom. The van der Waals surface area contributed by atoms with E-state index in [4.69, 9.17) is 11.6 Å². The van der Waals surface area contributed by atoms with Crippen LogP contribution in [0.2, 0.25) is 5.02 Å². The third kappa shape index (κ3) is 4.55. The van der Waals surface area contributed by atoms with Crippen molar-refractivity contribution in [1.82, 2.24) is 5.32 Å². The van der Waals surface area contributed by atoms with Gasteiger partial charge in [-0.3, -0.25) is 0 Å². The van der Waals surface area contributed by atoms with Gasteiger partial charge in [0.25, 0.3) is 0 Å². The number of halogens is 1. The van der Waals surface area contributed by atoms with Gasteiger partial charge in [-0.05, 0) is 36.4 Å². The van der Waals surface area contributed by atoms with E-state index in [2.05, 4.69) is 17.9 Å². The highest BCUT2D eigenvalue weighted by molar-refractivity contribution is 7.80. The third-order valence-electron chi connectivity index (χ3n) is 1.75. The number of hydrogen-bond donors (Lipinski definition) is 2. The molecule has 0 atom stereocenters. The number of nitrogens with one attached hydrogen (secondary N) is 1. The largest absolute Gasteiger partial charge is 0.313 e. The molecular formula is C10H14ClNS. The first kappa shape index (κ1) is 10.9. The van der Waals surface area contributed by atoms with Crippen molar-refractivity contribution in [3.05, 3.63) is 34.9 Å². The Balaban J connectivity index is 2.25. The predicted octanol–water partition coefficient (Wildman–Crippen LogP) is 2.75. The van der Waals surface area contributed by atoms with E-state index in [1.807, 2.05) is 24.3 Å². The minimum Gasteiger partial charge on any atom is -0.313 e. The maximum absolute atomic E-state index is 5.76. The smallest absolute Gasteiger partial charge is 0.0406 e. The number of rotatable bonds is 5. The highest BCUT2D eigenvalue weighted by atomic mass is 35.5. The van der Waals surface area contributed by atoms with Crippen LogP contribution in [0.25, 0.3) is 0 Å². The van der Waals surface area contributed by atoms with E-state index < -0.39 is 0 Å². The summed E-state index contributed by atoms with van der Waals surface area (Å²) >= 11 is 9.90. The lowest BCUT2D eigenvalue weighted by molar-refractivity contribution is 0.679. The van der Waals surface area contributed by atoms with Crippen LogP contribution in [0, 0.1) is 0 Å². The second kappa shape index (κ2) is 6.30. The van der Waals surface area contributed by atoms with Crippen molar-refractivity contribution in [2.45, 2.75) is 13.0 Å². The van der Waals surface area contributed by atoms with E-state index in [0.29, 0.717) is 0 Å². The van der Waals surface area contributed by atoms with Crippen LogP contribution in [0.4, 0.5) is 0 Å². The van der Waals surface area contributed by atoms with E-state index in [1.165, 1.54) is 5.56 Å². The molecule has 1 rings (SSSR count). The Kier molecular flexibility index (Phi) is 5.28. The first-order valence-electron chi connectivity index (χ1n) is 4.39. The molecule has 0 unspecified atom stereocenters. The Bertz CT molecular complexity index is 235. The summed E-state index contributed by atoms with van der Waals surface area (Å²) in [5, 5.41) is 4.12. The van der Waals surface area contributed by atoms with Gasteiger partial charge in [0.05, 0.1) is 0 Å². The molecule has 0 saturated heterocycles. The molecule has 0 aliphatic heterocycles. The lowest BCUT2D eigenvalue weighted by Gasteiger charge is -2.03. The summed E-state index contributed by atoms with van der Waals surface area (Å²) < 4.78 is 0. The highest BCUT2D eigenvalue weighted by Crippen LogP contribution is 2.08. The van der Waals surface area contributed by atoms with E-state index in [9.17, 15) is 0 Å². The molecule has 0 saturated carbocycles. The molecule has 0 aliphatic carbocycles. The standard InChI is InChI=1S/C10H14ClNS/c11-10-4-2-9(3-5-10)8-12-6-1-7-13/h2-5,12-13H,1,6-8H2. The minimum atomic E-state index is 0.791. The normalized spacial score (nSPS) is 10.3. The van der Waals surface area contributed by atoms with Gasteiger partial charge in [-0.25, -0.2) is 0 Å². The number of benzene rings is 1. The van der Waals surface area contributed by atoms with Gasteiger partial charge >= 0.3 is 0 Å². The second-order valence-electron chi connectivity index (χ2n) is 2.88. The number of hydrogen-bond acceptors (Lipinski definition) is 2. The van der Waals surface area contributed by atoms with Crippen molar-refractivity contribution in [3.63, 3.8) is 0 Å². The predicted molar refractivity (Wildman–Crippen MR) is 61.6 cm³/mol. The maximum Gasteiger partial charge on any atom is 0.0406 e. The zero-order valence-electron chi connectivity index (χ0n) is 7.46. The summed E-state index contributed by atoms with van der Waals surface area (Å²) in [6.45, 7) is 1.93. The van der Waals surface area contributed by atoms with Crippen LogP contribution in [-0.2, 0) is 6.54 Å². The van der Waals surface area contributed by atoms with Crippen molar-refractivity contribution >= 4 is 24.2 Å². The first-order valence-corrected chi connectivity index (χ1v) is 5.40. The molecule has 1 N–H and O–H groups in total. The van der Waals surface area contributed by atoms with Gasteiger partial charge in [0.2, 0.25) is 0 Å². The van der Waals surface area contributed by atoms with Crippen molar-refractivity contribution < 1.29 is 0 Å². The van der Waals surface area contributed by atoms with Crippen molar-refractivity contribution in [2.75, 3.05) is 12.3 Å². The Labute approximate surface area is 89.9 Å². The van der Waals surface area contributed by atoms with Crippen LogP contribution in [0.15, 0.2) is 24.3 Å². The monoisotopic (exact) mass is 215 g/mol. The van der Waals surface area contributed by atoms with E-state index >= 15 is 0 Å². The molecule has 1 aromatic carbocycles. The van der Waals surface area contributed by atoms with E-state index in [-0.39, 0.29) is 0 Å². The molecule has 0 heterocycles. The average molecular weight is 216 g/mol. The maximum atomic E-state index is 5.76. The van der Waals surface area contributed by atoms with Gasteiger partial charge in [0.1, 0.15) is 0 Å². The summed E-state index contributed by atoms with van der Waals surface area (Å²) in [6.07, 6.45) is 1.11. The SMILES string of the molecule is SCCCNCc1ccc(Cl)cc1. The summed E-state index contributed by atoms with van der Waals surface area (Å²) in [6, 6.07) is 7.90. The molecule has 1 aromatic rings. The highest BCUT2D eigenvalue weighted by Gasteiger charge is 1.91. The van der Waals surface area contributed by atoms with Crippen LogP contribution < -0.4 is 5.32 Å². The third-order valence-corrected chi connectivity index (χ3v) is 2.32. The quantitative estimate of drug-likeness (QED) is 0.569. The molecule has 13 heavy (non-hydrogen) atoms. The Morgan fingerprint density at radius 2 is 1.92 bits per heavy atom. The van der Waals surface area contributed by atoms with Crippen molar-refractivity contribution in [1.29, 1.82) is 0 Å². The topological polar surface area (TPSA) is 12.0 Å². The molecule has 0 fully saturated rings. The molecule has 72 valence electrons. The fourth-order valence-corrected chi connectivity index (χ4v) is 1.32. The van der Waals surface area contributed by atoms with Crippen LogP contribution >= 0.6 is 24.2 Å². The molecule has 0 amide bonds. The second-order valence-corrected chi connectivity index (χ2v) is 3.76. The van der Waals surface area contributed by atoms with Crippen LogP contribution in [0.1, 0.15) is 12.0 Å². The van der Waals surface area contributed by atoms with Crippen molar-refractivity contribution in [2.24, 2.45) is 0 Å². The molecule has 0 aliphatic rings. The Hall–Kier alpha value is -0.180. The molecule has 0 bridgehead atoms. The molecule has 0 spiro atoms. The molecule has 0 radical (unpaired) electrons. The van der Waals surface area contributed by atoms with Crippen LogP contribution in [0.3, 0.4) is 0 Å². The first-order chi connectivity index (χ1) is 6.33. The minimum absolute atomic E-state index is 0.791. The number of thiol groups is 1.